The largest absolute Gasteiger partial charge is 0.466 e. The van der Waals surface area contributed by atoms with E-state index in [1.807, 2.05) is 0 Å². The monoisotopic (exact) mass is 266 g/mol. The molecule has 0 heterocycles. The van der Waals surface area contributed by atoms with E-state index in [9.17, 15) is 22.0 Å². The predicted octanol–water partition coefficient (Wildman–Crippen LogP) is 1.45. The summed E-state index contributed by atoms with van der Waals surface area (Å²) in [6.45, 7) is 0. The van der Waals surface area contributed by atoms with Crippen molar-refractivity contribution in [1.82, 2.24) is 0 Å². The molecule has 0 bridgehead atoms. The highest BCUT2D eigenvalue weighted by atomic mass is 31.2. The summed E-state index contributed by atoms with van der Waals surface area (Å²) in [5.41, 5.74) is 0. The standard InChI is InChI=1S/C6HF5.H3O4P/c7-2-1-3(8)5(10)6(11)4(2)9;1-5(2,3)4/h1H;(H3,1,2,3,4). The molecule has 0 aliphatic rings. The summed E-state index contributed by atoms with van der Waals surface area (Å²) in [5, 5.41) is 0. The molecule has 0 amide bonds. The average Bonchev–Trinajstić information content (AvgIpc) is 2.09. The van der Waals surface area contributed by atoms with Crippen molar-refractivity contribution in [2.45, 2.75) is 0 Å². The summed E-state index contributed by atoms with van der Waals surface area (Å²) in [5.74, 6) is -9.65. The summed E-state index contributed by atoms with van der Waals surface area (Å²) < 4.78 is 68.9. The van der Waals surface area contributed by atoms with Crippen molar-refractivity contribution >= 4 is 7.82 Å². The van der Waals surface area contributed by atoms with Crippen molar-refractivity contribution in [1.29, 1.82) is 0 Å². The average molecular weight is 266 g/mol. The van der Waals surface area contributed by atoms with Gasteiger partial charge in [0.15, 0.2) is 23.3 Å². The lowest BCUT2D eigenvalue weighted by Crippen LogP contribution is -1.98. The smallest absolute Gasteiger partial charge is 0.303 e. The molecule has 0 aliphatic heterocycles. The van der Waals surface area contributed by atoms with Crippen LogP contribution in [0.25, 0.3) is 0 Å². The number of halogens is 5. The highest BCUT2D eigenvalue weighted by molar-refractivity contribution is 7.45. The third-order valence-electron chi connectivity index (χ3n) is 1.06. The van der Waals surface area contributed by atoms with Gasteiger partial charge in [-0.05, 0) is 0 Å². The second-order valence-corrected chi connectivity index (χ2v) is 3.32. The molecule has 92 valence electrons. The zero-order valence-corrected chi connectivity index (χ0v) is 8.06. The van der Waals surface area contributed by atoms with Crippen LogP contribution in [-0.2, 0) is 4.57 Å². The lowest BCUT2D eigenvalue weighted by Gasteiger charge is -1.96. The van der Waals surface area contributed by atoms with Gasteiger partial charge in [0.2, 0.25) is 5.82 Å². The minimum atomic E-state index is -4.64. The van der Waals surface area contributed by atoms with Crippen LogP contribution in [0.1, 0.15) is 0 Å². The highest BCUT2D eigenvalue weighted by Crippen LogP contribution is 2.25. The Morgan fingerprint density at radius 3 is 1.31 bits per heavy atom. The lowest BCUT2D eigenvalue weighted by atomic mass is 10.3. The minimum Gasteiger partial charge on any atom is -0.303 e. The topological polar surface area (TPSA) is 77.8 Å². The molecule has 10 heteroatoms. The van der Waals surface area contributed by atoms with E-state index < -0.39 is 36.9 Å². The van der Waals surface area contributed by atoms with E-state index in [-0.39, 0.29) is 6.07 Å². The molecule has 0 radical (unpaired) electrons. The summed E-state index contributed by atoms with van der Waals surface area (Å²) >= 11 is 0. The number of benzene rings is 1. The highest BCUT2D eigenvalue weighted by Gasteiger charge is 2.18. The van der Waals surface area contributed by atoms with Crippen LogP contribution in [0.4, 0.5) is 22.0 Å². The van der Waals surface area contributed by atoms with Gasteiger partial charge in [-0.1, -0.05) is 0 Å². The van der Waals surface area contributed by atoms with Crippen molar-refractivity contribution in [3.8, 4) is 0 Å². The van der Waals surface area contributed by atoms with Gasteiger partial charge in [0.25, 0.3) is 0 Å². The Morgan fingerprint density at radius 1 is 0.812 bits per heavy atom. The Kier molecular flexibility index (Phi) is 5.01. The minimum absolute atomic E-state index is 0.0618. The lowest BCUT2D eigenvalue weighted by molar-refractivity contribution is 0.275. The first kappa shape index (κ1) is 15.0. The van der Waals surface area contributed by atoms with Gasteiger partial charge in [0.05, 0.1) is 0 Å². The van der Waals surface area contributed by atoms with Crippen molar-refractivity contribution in [2.75, 3.05) is 0 Å². The molecule has 0 saturated heterocycles. The summed E-state index contributed by atoms with van der Waals surface area (Å²) in [6.07, 6.45) is 0. The van der Waals surface area contributed by atoms with Gasteiger partial charge < -0.3 is 14.7 Å². The zero-order valence-electron chi connectivity index (χ0n) is 7.16. The molecule has 4 nitrogen and oxygen atoms in total. The summed E-state index contributed by atoms with van der Waals surface area (Å²) in [6, 6.07) is -0.0618. The molecule has 1 rings (SSSR count). The Morgan fingerprint density at radius 2 is 1.06 bits per heavy atom. The summed E-state index contributed by atoms with van der Waals surface area (Å²) in [4.78, 5) is 21.6. The normalized spacial score (nSPS) is 10.8. The van der Waals surface area contributed by atoms with E-state index in [0.717, 1.165) is 0 Å². The molecule has 16 heavy (non-hydrogen) atoms. The Hall–Kier alpha value is -1.02. The van der Waals surface area contributed by atoms with E-state index in [0.29, 0.717) is 0 Å². The first-order chi connectivity index (χ1) is 7.04. The molecule has 0 aliphatic carbocycles. The fraction of sp³-hybridized carbons (Fsp3) is 0. The molecule has 0 atom stereocenters. The maximum Gasteiger partial charge on any atom is 0.466 e. The molecular weight excluding hydrogens is 262 g/mol. The van der Waals surface area contributed by atoms with Gasteiger partial charge in [0, 0.05) is 6.07 Å². The third-order valence-corrected chi connectivity index (χ3v) is 1.06. The SMILES string of the molecule is Fc1cc(F)c(F)c(F)c1F.O=P(O)(O)O. The number of phosphoric acid groups is 1. The molecule has 3 N–H and O–H groups in total. The maximum atomic E-state index is 12.0. The van der Waals surface area contributed by atoms with Crippen LogP contribution in [0.3, 0.4) is 0 Å². The van der Waals surface area contributed by atoms with Crippen LogP contribution in [0.5, 0.6) is 0 Å². The van der Waals surface area contributed by atoms with Crippen molar-refractivity contribution in [3.63, 3.8) is 0 Å². The van der Waals surface area contributed by atoms with Crippen LogP contribution in [0.2, 0.25) is 0 Å². The van der Waals surface area contributed by atoms with Gasteiger partial charge in [0.1, 0.15) is 0 Å². The van der Waals surface area contributed by atoms with Gasteiger partial charge in [-0.25, -0.2) is 26.5 Å². The van der Waals surface area contributed by atoms with Crippen molar-refractivity contribution in [3.05, 3.63) is 35.2 Å². The van der Waals surface area contributed by atoms with Crippen molar-refractivity contribution in [2.24, 2.45) is 0 Å². The molecule has 0 saturated carbocycles. The van der Waals surface area contributed by atoms with E-state index >= 15 is 0 Å². The second kappa shape index (κ2) is 5.35. The fourth-order valence-corrected chi connectivity index (χ4v) is 0.544. The molecule has 0 fully saturated rings. The second-order valence-electron chi connectivity index (χ2n) is 2.30. The van der Waals surface area contributed by atoms with Gasteiger partial charge in [-0.3, -0.25) is 0 Å². The van der Waals surface area contributed by atoms with Gasteiger partial charge in [-0.2, -0.15) is 0 Å². The van der Waals surface area contributed by atoms with Crippen molar-refractivity contribution < 1.29 is 41.2 Å². The molecule has 1 aromatic carbocycles. The predicted molar refractivity (Wildman–Crippen MR) is 40.5 cm³/mol. The van der Waals surface area contributed by atoms with E-state index in [1.54, 1.807) is 0 Å². The number of rotatable bonds is 0. The number of hydrogen-bond donors (Lipinski definition) is 3. The first-order valence-corrected chi connectivity index (χ1v) is 4.87. The first-order valence-electron chi connectivity index (χ1n) is 3.30. The van der Waals surface area contributed by atoms with Crippen LogP contribution < -0.4 is 0 Å². The van der Waals surface area contributed by atoms with Crippen LogP contribution in [0.15, 0.2) is 6.07 Å². The molecule has 0 unspecified atom stereocenters. The van der Waals surface area contributed by atoms with E-state index in [2.05, 4.69) is 0 Å². The third kappa shape index (κ3) is 5.17. The molecule has 1 aromatic rings. The molecule has 0 spiro atoms. The van der Waals surface area contributed by atoms with Gasteiger partial charge in [-0.15, -0.1) is 0 Å². The Balaban J connectivity index is 0.000000385. The maximum absolute atomic E-state index is 12.0. The van der Waals surface area contributed by atoms with Crippen LogP contribution in [-0.4, -0.2) is 14.7 Å². The van der Waals surface area contributed by atoms with Gasteiger partial charge >= 0.3 is 7.82 Å². The zero-order chi connectivity index (χ0) is 13.1. The number of hydrogen-bond acceptors (Lipinski definition) is 1. The quantitative estimate of drug-likeness (QED) is 0.287. The summed E-state index contributed by atoms with van der Waals surface area (Å²) in [7, 11) is -4.64. The van der Waals surface area contributed by atoms with E-state index in [1.165, 1.54) is 0 Å². The van der Waals surface area contributed by atoms with Crippen LogP contribution in [0, 0.1) is 29.1 Å². The molecular formula is C6H4F5O4P. The molecule has 0 aromatic heterocycles. The Labute approximate surface area is 85.2 Å². The van der Waals surface area contributed by atoms with Crippen LogP contribution >= 0.6 is 7.82 Å². The Bertz CT molecular complexity index is 397. The van der Waals surface area contributed by atoms with E-state index in [4.69, 9.17) is 19.2 Å². The fourth-order valence-electron chi connectivity index (χ4n) is 0.544.